The summed E-state index contributed by atoms with van der Waals surface area (Å²) in [7, 11) is 0. The Balaban J connectivity index is 1.57. The summed E-state index contributed by atoms with van der Waals surface area (Å²) in [5, 5.41) is 4.94. The van der Waals surface area contributed by atoms with Gasteiger partial charge in [-0.25, -0.2) is 0 Å². The van der Waals surface area contributed by atoms with E-state index in [2.05, 4.69) is 46.5 Å². The number of nitrogens with one attached hydrogen (secondary N) is 1. The first-order chi connectivity index (χ1) is 11.7. The number of aromatic nitrogens is 3. The first-order valence-electron chi connectivity index (χ1n) is 9.25. The minimum atomic E-state index is 0.619. The van der Waals surface area contributed by atoms with Crippen LogP contribution in [0.25, 0.3) is 0 Å². The quantitative estimate of drug-likeness (QED) is 0.845. The van der Waals surface area contributed by atoms with Crippen LogP contribution in [0.15, 0.2) is 30.3 Å². The van der Waals surface area contributed by atoms with Crippen molar-refractivity contribution in [2.75, 3.05) is 13.1 Å². The standard InChI is InChI=1S/C19H26N4S/c1-15-9-11-21(12-10-15)14-23-19(24)22(18(20-23)17-7-8-17)13-16-5-3-2-4-6-16/h2-6,15,17H,7-14H2,1H3/p+1. The lowest BCUT2D eigenvalue weighted by Gasteiger charge is -2.26. The van der Waals surface area contributed by atoms with Gasteiger partial charge in [0.25, 0.3) is 0 Å². The number of nitrogens with zero attached hydrogens (tertiary/aromatic N) is 3. The average molecular weight is 344 g/mol. The molecule has 0 unspecified atom stereocenters. The van der Waals surface area contributed by atoms with Gasteiger partial charge in [0, 0.05) is 5.92 Å². The highest BCUT2D eigenvalue weighted by Gasteiger charge is 2.31. The number of piperidine rings is 1. The molecule has 0 amide bonds. The molecule has 0 radical (unpaired) electrons. The lowest BCUT2D eigenvalue weighted by molar-refractivity contribution is -0.929. The van der Waals surface area contributed by atoms with Crippen molar-refractivity contribution in [3.8, 4) is 0 Å². The lowest BCUT2D eigenvalue weighted by Crippen LogP contribution is -3.12. The minimum absolute atomic E-state index is 0.619. The minimum Gasteiger partial charge on any atom is -0.316 e. The fourth-order valence-corrected chi connectivity index (χ4v) is 3.92. The van der Waals surface area contributed by atoms with E-state index in [0.717, 1.165) is 23.9 Å². The maximum atomic E-state index is 5.80. The Labute approximate surface area is 149 Å². The fraction of sp³-hybridized carbons (Fsp3) is 0.579. The molecule has 2 aromatic rings. The predicted molar refractivity (Wildman–Crippen MR) is 97.7 cm³/mol. The van der Waals surface area contributed by atoms with Gasteiger partial charge in [0.05, 0.1) is 19.6 Å². The Bertz CT molecular complexity index is 736. The van der Waals surface area contributed by atoms with Gasteiger partial charge in [0.2, 0.25) is 4.77 Å². The van der Waals surface area contributed by atoms with Gasteiger partial charge >= 0.3 is 0 Å². The fourth-order valence-electron chi connectivity index (χ4n) is 3.66. The second kappa shape index (κ2) is 6.81. The predicted octanol–water partition coefficient (Wildman–Crippen LogP) is 2.61. The van der Waals surface area contributed by atoms with Crippen LogP contribution in [-0.2, 0) is 13.2 Å². The van der Waals surface area contributed by atoms with Gasteiger partial charge in [0.15, 0.2) is 6.67 Å². The largest absolute Gasteiger partial charge is 0.316 e. The third-order valence-corrected chi connectivity index (χ3v) is 5.86. The van der Waals surface area contributed by atoms with Crippen LogP contribution in [0.3, 0.4) is 0 Å². The van der Waals surface area contributed by atoms with E-state index >= 15 is 0 Å². The maximum Gasteiger partial charge on any atom is 0.203 e. The molecule has 0 spiro atoms. The molecule has 1 saturated carbocycles. The maximum absolute atomic E-state index is 5.80. The first kappa shape index (κ1) is 16.0. The van der Waals surface area contributed by atoms with Gasteiger partial charge in [-0.2, -0.15) is 9.78 Å². The summed E-state index contributed by atoms with van der Waals surface area (Å²) in [5.74, 6) is 2.70. The van der Waals surface area contributed by atoms with Crippen LogP contribution in [0.2, 0.25) is 0 Å². The summed E-state index contributed by atoms with van der Waals surface area (Å²) >= 11 is 5.80. The van der Waals surface area contributed by atoms with Crippen molar-refractivity contribution < 1.29 is 4.90 Å². The van der Waals surface area contributed by atoms with Crippen molar-refractivity contribution in [3.63, 3.8) is 0 Å². The molecule has 2 fully saturated rings. The lowest BCUT2D eigenvalue weighted by atomic mass is 10.00. The van der Waals surface area contributed by atoms with Crippen LogP contribution in [-0.4, -0.2) is 27.4 Å². The van der Waals surface area contributed by atoms with Gasteiger partial charge in [-0.3, -0.25) is 4.57 Å². The Morgan fingerprint density at radius 1 is 1.12 bits per heavy atom. The highest BCUT2D eigenvalue weighted by molar-refractivity contribution is 7.71. The van der Waals surface area contributed by atoms with Gasteiger partial charge in [-0.1, -0.05) is 37.3 Å². The molecule has 1 aromatic heterocycles. The van der Waals surface area contributed by atoms with E-state index in [1.807, 2.05) is 0 Å². The second-order valence-corrected chi connectivity index (χ2v) is 7.94. The Morgan fingerprint density at radius 3 is 2.50 bits per heavy atom. The Hall–Kier alpha value is -1.46. The number of quaternary nitrogens is 1. The van der Waals surface area contributed by atoms with Crippen LogP contribution < -0.4 is 4.90 Å². The number of hydrogen-bond donors (Lipinski definition) is 1. The molecular weight excluding hydrogens is 316 g/mol. The van der Waals surface area contributed by atoms with E-state index in [1.165, 1.54) is 50.2 Å². The van der Waals surface area contributed by atoms with Crippen LogP contribution in [0.1, 0.15) is 49.9 Å². The summed E-state index contributed by atoms with van der Waals surface area (Å²) in [6, 6.07) is 10.6. The Kier molecular flexibility index (Phi) is 4.55. The van der Waals surface area contributed by atoms with Crippen molar-refractivity contribution in [1.29, 1.82) is 0 Å². The van der Waals surface area contributed by atoms with Gasteiger partial charge in [-0.15, -0.1) is 0 Å². The molecule has 1 aliphatic carbocycles. The second-order valence-electron chi connectivity index (χ2n) is 7.58. The van der Waals surface area contributed by atoms with Crippen LogP contribution in [0.5, 0.6) is 0 Å². The SMILES string of the molecule is CC1CC[NH+](Cn2nc(C3CC3)n(Cc3ccccc3)c2=S)CC1. The summed E-state index contributed by atoms with van der Waals surface area (Å²) in [5.41, 5.74) is 1.30. The van der Waals surface area contributed by atoms with Crippen molar-refractivity contribution in [1.82, 2.24) is 14.3 Å². The highest BCUT2D eigenvalue weighted by Crippen LogP contribution is 2.39. The van der Waals surface area contributed by atoms with Crippen molar-refractivity contribution >= 4 is 12.2 Å². The number of likely N-dealkylation sites (tertiary alicyclic amines) is 1. The molecular formula is C19H27N4S+. The molecule has 0 atom stereocenters. The number of rotatable bonds is 5. The van der Waals surface area contributed by atoms with Crippen molar-refractivity contribution in [2.45, 2.75) is 51.7 Å². The molecule has 1 saturated heterocycles. The normalized spacial score (nSPS) is 24.2. The highest BCUT2D eigenvalue weighted by atomic mass is 32.1. The topological polar surface area (TPSA) is 27.2 Å². The average Bonchev–Trinajstić information content (AvgIpc) is 3.40. The van der Waals surface area contributed by atoms with Crippen LogP contribution in [0.4, 0.5) is 0 Å². The molecule has 4 nitrogen and oxygen atoms in total. The van der Waals surface area contributed by atoms with Gasteiger partial charge in [-0.05, 0) is 49.4 Å². The summed E-state index contributed by atoms with van der Waals surface area (Å²) < 4.78 is 5.26. The molecule has 2 aliphatic rings. The van der Waals surface area contributed by atoms with Gasteiger partial charge in [0.1, 0.15) is 5.82 Å². The van der Waals surface area contributed by atoms with E-state index in [1.54, 1.807) is 4.90 Å². The zero-order valence-electron chi connectivity index (χ0n) is 14.4. The summed E-state index contributed by atoms with van der Waals surface area (Å²) in [6.07, 6.45) is 5.16. The molecule has 4 rings (SSSR count). The molecule has 24 heavy (non-hydrogen) atoms. The van der Waals surface area contributed by atoms with E-state index < -0.39 is 0 Å². The monoisotopic (exact) mass is 343 g/mol. The molecule has 1 aromatic carbocycles. The molecule has 128 valence electrons. The zero-order valence-corrected chi connectivity index (χ0v) is 15.3. The molecule has 0 bridgehead atoms. The van der Waals surface area contributed by atoms with E-state index in [9.17, 15) is 0 Å². The molecule has 1 N–H and O–H groups in total. The summed E-state index contributed by atoms with van der Waals surface area (Å²) in [6.45, 7) is 6.62. The molecule has 2 heterocycles. The summed E-state index contributed by atoms with van der Waals surface area (Å²) in [4.78, 5) is 1.62. The van der Waals surface area contributed by atoms with Crippen molar-refractivity contribution in [3.05, 3.63) is 46.5 Å². The zero-order chi connectivity index (χ0) is 16.5. The van der Waals surface area contributed by atoms with E-state index in [0.29, 0.717) is 5.92 Å². The molecule has 5 heteroatoms. The molecule has 1 aliphatic heterocycles. The number of benzene rings is 1. The third kappa shape index (κ3) is 3.47. The van der Waals surface area contributed by atoms with E-state index in [4.69, 9.17) is 17.3 Å². The van der Waals surface area contributed by atoms with Crippen molar-refractivity contribution in [2.24, 2.45) is 5.92 Å². The number of hydrogen-bond acceptors (Lipinski definition) is 2. The van der Waals surface area contributed by atoms with Gasteiger partial charge < -0.3 is 4.90 Å². The first-order valence-corrected chi connectivity index (χ1v) is 9.66. The Morgan fingerprint density at radius 2 is 1.83 bits per heavy atom. The van der Waals surface area contributed by atoms with E-state index in [-0.39, 0.29) is 0 Å². The van der Waals surface area contributed by atoms with Crippen LogP contribution in [0, 0.1) is 10.7 Å². The van der Waals surface area contributed by atoms with Crippen LogP contribution >= 0.6 is 12.2 Å². The third-order valence-electron chi connectivity index (χ3n) is 5.43. The smallest absolute Gasteiger partial charge is 0.203 e.